The number of aromatic nitrogens is 2. The van der Waals surface area contributed by atoms with E-state index in [1.54, 1.807) is 32.4 Å². The summed E-state index contributed by atoms with van der Waals surface area (Å²) in [6, 6.07) is 20.3. The molecule has 0 spiro atoms. The number of nitrogens with one attached hydrogen (secondary N) is 1. The van der Waals surface area contributed by atoms with Crippen LogP contribution in [0.25, 0.3) is 22.9 Å². The number of amides is 1. The molecule has 0 radical (unpaired) electrons. The molecule has 0 saturated heterocycles. The summed E-state index contributed by atoms with van der Waals surface area (Å²) >= 11 is 3.44. The van der Waals surface area contributed by atoms with Gasteiger partial charge in [0.1, 0.15) is 0 Å². The highest BCUT2D eigenvalue weighted by atomic mass is 79.9. The van der Waals surface area contributed by atoms with Crippen molar-refractivity contribution in [2.24, 2.45) is 0 Å². The van der Waals surface area contributed by atoms with Gasteiger partial charge in [0.05, 0.1) is 20.6 Å². The molecule has 0 aliphatic carbocycles. The number of halogens is 1. The minimum Gasteiger partial charge on any atom is -0.493 e. The predicted molar refractivity (Wildman–Crippen MR) is 125 cm³/mol. The van der Waals surface area contributed by atoms with E-state index in [0.717, 1.165) is 15.6 Å². The number of ether oxygens (including phenoxy) is 2. The molecule has 0 saturated carbocycles. The van der Waals surface area contributed by atoms with Gasteiger partial charge in [-0.1, -0.05) is 34.1 Å². The van der Waals surface area contributed by atoms with Crippen molar-refractivity contribution in [2.75, 3.05) is 19.5 Å². The molecule has 32 heavy (non-hydrogen) atoms. The smallest absolute Gasteiger partial charge is 0.248 e. The van der Waals surface area contributed by atoms with Crippen LogP contribution in [-0.4, -0.2) is 30.3 Å². The van der Waals surface area contributed by atoms with Gasteiger partial charge in [-0.15, -0.1) is 10.2 Å². The molecule has 3 aromatic carbocycles. The predicted octanol–water partition coefficient (Wildman–Crippen LogP) is 5.36. The van der Waals surface area contributed by atoms with Crippen LogP contribution in [0.1, 0.15) is 5.56 Å². The molecular weight excluding hydrogens is 474 g/mol. The summed E-state index contributed by atoms with van der Waals surface area (Å²) < 4.78 is 17.3. The van der Waals surface area contributed by atoms with Gasteiger partial charge in [0, 0.05) is 21.3 Å². The van der Waals surface area contributed by atoms with Crippen LogP contribution in [0.4, 0.5) is 5.69 Å². The Labute approximate surface area is 193 Å². The first-order valence-electron chi connectivity index (χ1n) is 9.76. The molecule has 4 rings (SSSR count). The van der Waals surface area contributed by atoms with Crippen LogP contribution in [0.15, 0.2) is 75.6 Å². The van der Waals surface area contributed by atoms with Crippen molar-refractivity contribution in [3.8, 4) is 34.4 Å². The van der Waals surface area contributed by atoms with Crippen molar-refractivity contribution in [3.05, 3.63) is 76.8 Å². The van der Waals surface area contributed by atoms with Gasteiger partial charge in [-0.05, 0) is 54.1 Å². The van der Waals surface area contributed by atoms with E-state index in [0.29, 0.717) is 34.5 Å². The van der Waals surface area contributed by atoms with Gasteiger partial charge in [-0.2, -0.15) is 0 Å². The second kappa shape index (κ2) is 9.65. The average Bonchev–Trinajstić information content (AvgIpc) is 3.29. The molecule has 0 atom stereocenters. The zero-order valence-corrected chi connectivity index (χ0v) is 19.0. The Morgan fingerprint density at radius 3 is 2.28 bits per heavy atom. The van der Waals surface area contributed by atoms with Crippen LogP contribution in [0.3, 0.4) is 0 Å². The Morgan fingerprint density at radius 1 is 0.906 bits per heavy atom. The number of nitrogens with zero attached hydrogens (tertiary/aromatic N) is 2. The zero-order chi connectivity index (χ0) is 22.5. The second-order valence-corrected chi connectivity index (χ2v) is 7.83. The summed E-state index contributed by atoms with van der Waals surface area (Å²) in [5.41, 5.74) is 2.97. The number of rotatable bonds is 7. The molecule has 0 aliphatic heterocycles. The van der Waals surface area contributed by atoms with Crippen molar-refractivity contribution < 1.29 is 18.7 Å². The number of methoxy groups -OCH3 is 2. The highest BCUT2D eigenvalue weighted by Crippen LogP contribution is 2.29. The molecule has 1 amide bonds. The summed E-state index contributed by atoms with van der Waals surface area (Å²) in [6.07, 6.45) is 0.193. The Balaban J connectivity index is 1.47. The fourth-order valence-corrected chi connectivity index (χ4v) is 3.59. The van der Waals surface area contributed by atoms with Crippen LogP contribution in [0, 0.1) is 0 Å². The normalized spacial score (nSPS) is 10.6. The van der Waals surface area contributed by atoms with Crippen LogP contribution >= 0.6 is 15.9 Å². The van der Waals surface area contributed by atoms with Gasteiger partial charge in [0.15, 0.2) is 11.5 Å². The van der Waals surface area contributed by atoms with Crippen molar-refractivity contribution >= 4 is 27.5 Å². The Hall–Kier alpha value is -3.65. The van der Waals surface area contributed by atoms with Crippen LogP contribution in [-0.2, 0) is 11.2 Å². The van der Waals surface area contributed by atoms with Gasteiger partial charge in [-0.25, -0.2) is 0 Å². The monoisotopic (exact) mass is 493 g/mol. The van der Waals surface area contributed by atoms with E-state index in [1.807, 2.05) is 48.5 Å². The van der Waals surface area contributed by atoms with E-state index >= 15 is 0 Å². The number of benzene rings is 3. The third kappa shape index (κ3) is 4.97. The molecule has 4 aromatic rings. The maximum Gasteiger partial charge on any atom is 0.248 e. The van der Waals surface area contributed by atoms with E-state index in [2.05, 4.69) is 31.4 Å². The molecule has 0 fully saturated rings. The third-order valence-corrected chi connectivity index (χ3v) is 5.20. The largest absolute Gasteiger partial charge is 0.493 e. The van der Waals surface area contributed by atoms with E-state index in [9.17, 15) is 4.79 Å². The summed E-state index contributed by atoms with van der Waals surface area (Å²) in [5.74, 6) is 1.83. The maximum absolute atomic E-state index is 12.6. The molecule has 7 nitrogen and oxygen atoms in total. The zero-order valence-electron chi connectivity index (χ0n) is 17.5. The highest BCUT2D eigenvalue weighted by molar-refractivity contribution is 9.10. The van der Waals surface area contributed by atoms with Crippen LogP contribution in [0.2, 0.25) is 0 Å². The molecule has 1 N–H and O–H groups in total. The minimum absolute atomic E-state index is 0.158. The Bertz CT molecular complexity index is 1260. The summed E-state index contributed by atoms with van der Waals surface area (Å²) in [5, 5.41) is 11.2. The van der Waals surface area contributed by atoms with E-state index < -0.39 is 0 Å². The van der Waals surface area contributed by atoms with Crippen molar-refractivity contribution in [1.29, 1.82) is 0 Å². The van der Waals surface area contributed by atoms with Crippen LogP contribution < -0.4 is 14.8 Å². The fourth-order valence-electron chi connectivity index (χ4n) is 3.19. The quantitative estimate of drug-likeness (QED) is 0.372. The minimum atomic E-state index is -0.158. The van der Waals surface area contributed by atoms with Crippen molar-refractivity contribution in [1.82, 2.24) is 10.2 Å². The molecule has 8 heteroatoms. The lowest BCUT2D eigenvalue weighted by atomic mass is 10.1. The van der Waals surface area contributed by atoms with Gasteiger partial charge >= 0.3 is 0 Å². The lowest BCUT2D eigenvalue weighted by molar-refractivity contribution is -0.115. The van der Waals surface area contributed by atoms with Gasteiger partial charge in [-0.3, -0.25) is 4.79 Å². The number of anilines is 1. The number of hydrogen-bond donors (Lipinski definition) is 1. The van der Waals surface area contributed by atoms with Gasteiger partial charge < -0.3 is 19.2 Å². The first kappa shape index (κ1) is 21.6. The Morgan fingerprint density at radius 2 is 1.59 bits per heavy atom. The fraction of sp³-hybridized carbons (Fsp3) is 0.125. The van der Waals surface area contributed by atoms with Crippen molar-refractivity contribution in [3.63, 3.8) is 0 Å². The lowest BCUT2D eigenvalue weighted by Crippen LogP contribution is -2.14. The molecule has 162 valence electrons. The average molecular weight is 494 g/mol. The lowest BCUT2D eigenvalue weighted by Gasteiger charge is -2.10. The maximum atomic E-state index is 12.6. The molecule has 0 bridgehead atoms. The summed E-state index contributed by atoms with van der Waals surface area (Å²) in [6.45, 7) is 0. The molecular formula is C24H20BrN3O4. The molecule has 1 aromatic heterocycles. The molecule has 0 unspecified atom stereocenters. The van der Waals surface area contributed by atoms with Gasteiger partial charge in [0.2, 0.25) is 17.7 Å². The van der Waals surface area contributed by atoms with E-state index in [1.165, 1.54) is 0 Å². The van der Waals surface area contributed by atoms with Crippen LogP contribution in [0.5, 0.6) is 11.5 Å². The molecule has 0 aliphatic rings. The standard InChI is InChI=1S/C24H20BrN3O4/c1-30-20-10-9-15(11-21(20)31-2)12-22(29)26-19-8-4-6-17(14-19)24-28-27-23(32-24)16-5-3-7-18(25)13-16/h3-11,13-14H,12H2,1-2H3,(H,26,29). The summed E-state index contributed by atoms with van der Waals surface area (Å²) in [7, 11) is 3.13. The second-order valence-electron chi connectivity index (χ2n) is 6.92. The van der Waals surface area contributed by atoms with Crippen molar-refractivity contribution in [2.45, 2.75) is 6.42 Å². The third-order valence-electron chi connectivity index (χ3n) is 4.70. The van der Waals surface area contributed by atoms with E-state index in [4.69, 9.17) is 13.9 Å². The summed E-state index contributed by atoms with van der Waals surface area (Å²) in [4.78, 5) is 12.6. The SMILES string of the molecule is COc1ccc(CC(=O)Nc2cccc(-c3nnc(-c4cccc(Br)c4)o3)c2)cc1OC. The first-order chi connectivity index (χ1) is 15.6. The number of carbonyl (C=O) groups is 1. The number of carbonyl (C=O) groups excluding carboxylic acids is 1. The van der Waals surface area contributed by atoms with Gasteiger partial charge in [0.25, 0.3) is 0 Å². The first-order valence-corrected chi connectivity index (χ1v) is 10.6. The topological polar surface area (TPSA) is 86.5 Å². The Kier molecular flexibility index (Phi) is 6.51. The highest BCUT2D eigenvalue weighted by Gasteiger charge is 2.13. The number of hydrogen-bond acceptors (Lipinski definition) is 6. The molecule has 1 heterocycles. The van der Waals surface area contributed by atoms with E-state index in [-0.39, 0.29) is 12.3 Å².